The highest BCUT2D eigenvalue weighted by molar-refractivity contribution is 5.87. The number of ether oxygens (including phenoxy) is 1. The van der Waals surface area contributed by atoms with Gasteiger partial charge in [-0.1, -0.05) is 6.07 Å². The molecule has 0 amide bonds. The first-order chi connectivity index (χ1) is 7.33. The lowest BCUT2D eigenvalue weighted by molar-refractivity contribution is 0.0590. The molecule has 0 saturated heterocycles. The smallest absolute Gasteiger partial charge is 0.356 e. The summed E-state index contributed by atoms with van der Waals surface area (Å²) in [5, 5.41) is 4.01. The van der Waals surface area contributed by atoms with E-state index in [1.807, 2.05) is 6.07 Å². The average molecular weight is 203 g/mol. The van der Waals surface area contributed by atoms with Crippen LogP contribution in [0.5, 0.6) is 0 Å². The van der Waals surface area contributed by atoms with Gasteiger partial charge >= 0.3 is 5.97 Å². The summed E-state index contributed by atoms with van der Waals surface area (Å²) in [7, 11) is 1.33. The Bertz CT molecular complexity index is 465. The summed E-state index contributed by atoms with van der Waals surface area (Å²) < 4.78 is 6.07. The molecule has 15 heavy (non-hydrogen) atoms. The molecule has 0 spiro atoms. The number of carbonyl (C=O) groups is 1. The lowest BCUT2D eigenvalue weighted by Crippen LogP contribution is -2.11. The first-order valence-electron chi connectivity index (χ1n) is 4.36. The molecule has 0 N–H and O–H groups in total. The Morgan fingerprint density at radius 2 is 2.20 bits per heavy atom. The van der Waals surface area contributed by atoms with Crippen molar-refractivity contribution in [1.82, 2.24) is 14.8 Å². The standard InChI is InChI=1S/C10H9N3O2/c1-15-10(14)8-5-7-12-13(8)9-4-2-3-6-11-9/h2-7H,1H3. The SMILES string of the molecule is COC(=O)c1ccnn1-c1ccccn1. The van der Waals surface area contributed by atoms with Crippen molar-refractivity contribution >= 4 is 5.97 Å². The lowest BCUT2D eigenvalue weighted by atomic mass is 10.4. The van der Waals surface area contributed by atoms with Gasteiger partial charge in [0, 0.05) is 6.20 Å². The molecule has 0 radical (unpaired) electrons. The Morgan fingerprint density at radius 1 is 1.33 bits per heavy atom. The van der Waals surface area contributed by atoms with Crippen molar-refractivity contribution in [3.05, 3.63) is 42.4 Å². The summed E-state index contributed by atoms with van der Waals surface area (Å²) >= 11 is 0. The predicted molar refractivity (Wildman–Crippen MR) is 52.7 cm³/mol. The largest absolute Gasteiger partial charge is 0.464 e. The second kappa shape index (κ2) is 3.91. The molecule has 5 heteroatoms. The van der Waals surface area contributed by atoms with Gasteiger partial charge in [-0.15, -0.1) is 0 Å². The number of methoxy groups -OCH3 is 1. The second-order valence-electron chi connectivity index (χ2n) is 2.81. The van der Waals surface area contributed by atoms with Gasteiger partial charge in [-0.05, 0) is 18.2 Å². The molecule has 76 valence electrons. The first-order valence-corrected chi connectivity index (χ1v) is 4.36. The molecule has 2 aromatic heterocycles. The van der Waals surface area contributed by atoms with Crippen molar-refractivity contribution in [2.75, 3.05) is 7.11 Å². The monoisotopic (exact) mass is 203 g/mol. The van der Waals surface area contributed by atoms with Crippen LogP contribution in [0.25, 0.3) is 5.82 Å². The van der Waals surface area contributed by atoms with Crippen LogP contribution in [0.4, 0.5) is 0 Å². The van der Waals surface area contributed by atoms with Crippen LogP contribution in [-0.4, -0.2) is 27.8 Å². The molecule has 5 nitrogen and oxygen atoms in total. The molecule has 0 saturated carbocycles. The number of nitrogens with zero attached hydrogens (tertiary/aromatic N) is 3. The summed E-state index contributed by atoms with van der Waals surface area (Å²) in [6.45, 7) is 0. The zero-order valence-electron chi connectivity index (χ0n) is 8.12. The molecule has 0 fully saturated rings. The van der Waals surface area contributed by atoms with Gasteiger partial charge in [-0.2, -0.15) is 5.10 Å². The third-order valence-electron chi connectivity index (χ3n) is 1.90. The molecule has 0 aliphatic heterocycles. The van der Waals surface area contributed by atoms with Crippen molar-refractivity contribution < 1.29 is 9.53 Å². The van der Waals surface area contributed by atoms with Gasteiger partial charge in [-0.25, -0.2) is 14.5 Å². The summed E-state index contributed by atoms with van der Waals surface area (Å²) in [5.41, 5.74) is 0.358. The zero-order chi connectivity index (χ0) is 10.7. The lowest BCUT2D eigenvalue weighted by Gasteiger charge is -2.03. The van der Waals surface area contributed by atoms with Crippen LogP contribution in [0.3, 0.4) is 0 Å². The quantitative estimate of drug-likeness (QED) is 0.684. The van der Waals surface area contributed by atoms with Crippen molar-refractivity contribution in [3.8, 4) is 5.82 Å². The maximum Gasteiger partial charge on any atom is 0.356 e. The molecular formula is C10H9N3O2. The second-order valence-corrected chi connectivity index (χ2v) is 2.81. The fourth-order valence-electron chi connectivity index (χ4n) is 1.22. The van der Waals surface area contributed by atoms with E-state index in [2.05, 4.69) is 14.8 Å². The molecule has 2 heterocycles. The van der Waals surface area contributed by atoms with Gasteiger partial charge < -0.3 is 4.74 Å². The Hall–Kier alpha value is -2.17. The summed E-state index contributed by atoms with van der Waals surface area (Å²) in [5.74, 6) is 0.154. The van der Waals surface area contributed by atoms with E-state index in [0.29, 0.717) is 11.5 Å². The molecule has 0 atom stereocenters. The number of hydrogen-bond acceptors (Lipinski definition) is 4. The molecule has 0 unspecified atom stereocenters. The molecule has 2 rings (SSSR count). The fourth-order valence-corrected chi connectivity index (χ4v) is 1.22. The normalized spacial score (nSPS) is 9.93. The first kappa shape index (κ1) is 9.39. The fraction of sp³-hybridized carbons (Fsp3) is 0.100. The third kappa shape index (κ3) is 1.71. The van der Waals surface area contributed by atoms with Gasteiger partial charge in [0.05, 0.1) is 13.3 Å². The molecule has 0 aliphatic rings. The highest BCUT2D eigenvalue weighted by Crippen LogP contribution is 2.07. The van der Waals surface area contributed by atoms with Crippen LogP contribution in [0, 0.1) is 0 Å². The van der Waals surface area contributed by atoms with E-state index in [1.54, 1.807) is 24.4 Å². The Morgan fingerprint density at radius 3 is 2.87 bits per heavy atom. The van der Waals surface area contributed by atoms with Crippen molar-refractivity contribution in [2.24, 2.45) is 0 Å². The maximum absolute atomic E-state index is 11.4. The van der Waals surface area contributed by atoms with Gasteiger partial charge in [0.1, 0.15) is 0 Å². The van der Waals surface area contributed by atoms with Crippen molar-refractivity contribution in [2.45, 2.75) is 0 Å². The number of esters is 1. The van der Waals surface area contributed by atoms with E-state index in [9.17, 15) is 4.79 Å². The van der Waals surface area contributed by atoms with E-state index in [-0.39, 0.29) is 0 Å². The summed E-state index contributed by atoms with van der Waals surface area (Å²) in [6, 6.07) is 6.97. The topological polar surface area (TPSA) is 57.0 Å². The van der Waals surface area contributed by atoms with Crippen LogP contribution < -0.4 is 0 Å². The van der Waals surface area contributed by atoms with E-state index in [1.165, 1.54) is 18.0 Å². The van der Waals surface area contributed by atoms with E-state index >= 15 is 0 Å². The highest BCUT2D eigenvalue weighted by Gasteiger charge is 2.13. The number of carbonyl (C=O) groups excluding carboxylic acids is 1. The van der Waals surface area contributed by atoms with Gasteiger partial charge in [0.25, 0.3) is 0 Å². The molecule has 0 aliphatic carbocycles. The predicted octanol–water partition coefficient (Wildman–Crippen LogP) is 1.05. The minimum atomic E-state index is -0.432. The number of rotatable bonds is 2. The van der Waals surface area contributed by atoms with E-state index in [0.717, 1.165) is 0 Å². The maximum atomic E-state index is 11.4. The van der Waals surface area contributed by atoms with Crippen LogP contribution in [-0.2, 0) is 4.74 Å². The molecular weight excluding hydrogens is 194 g/mol. The van der Waals surface area contributed by atoms with Gasteiger partial charge in [-0.3, -0.25) is 0 Å². The van der Waals surface area contributed by atoms with E-state index in [4.69, 9.17) is 0 Å². The minimum Gasteiger partial charge on any atom is -0.464 e. The molecule has 0 aromatic carbocycles. The Balaban J connectivity index is 2.46. The van der Waals surface area contributed by atoms with Crippen molar-refractivity contribution in [3.63, 3.8) is 0 Å². The van der Waals surface area contributed by atoms with Crippen molar-refractivity contribution in [1.29, 1.82) is 0 Å². The number of aromatic nitrogens is 3. The highest BCUT2D eigenvalue weighted by atomic mass is 16.5. The van der Waals surface area contributed by atoms with Crippen LogP contribution >= 0.6 is 0 Å². The Labute approximate surface area is 86.3 Å². The Kier molecular flexibility index (Phi) is 2.45. The van der Waals surface area contributed by atoms with Crippen LogP contribution in [0.15, 0.2) is 36.7 Å². The molecule has 0 bridgehead atoms. The third-order valence-corrected chi connectivity index (χ3v) is 1.90. The van der Waals surface area contributed by atoms with Gasteiger partial charge in [0.15, 0.2) is 11.5 Å². The van der Waals surface area contributed by atoms with Gasteiger partial charge in [0.2, 0.25) is 0 Å². The average Bonchev–Trinajstić information content (AvgIpc) is 2.78. The zero-order valence-corrected chi connectivity index (χ0v) is 8.12. The van der Waals surface area contributed by atoms with Crippen LogP contribution in [0.1, 0.15) is 10.5 Å². The summed E-state index contributed by atoms with van der Waals surface area (Å²) in [4.78, 5) is 15.4. The molecule has 2 aromatic rings. The summed E-state index contributed by atoms with van der Waals surface area (Å²) in [6.07, 6.45) is 3.17. The number of pyridine rings is 1. The minimum absolute atomic E-state index is 0.358. The van der Waals surface area contributed by atoms with Crippen LogP contribution in [0.2, 0.25) is 0 Å². The number of hydrogen-bond donors (Lipinski definition) is 0. The van der Waals surface area contributed by atoms with E-state index < -0.39 is 5.97 Å².